The van der Waals surface area contributed by atoms with Crippen molar-refractivity contribution in [1.82, 2.24) is 9.88 Å². The second-order valence-corrected chi connectivity index (χ2v) is 5.75. The van der Waals surface area contributed by atoms with Crippen molar-refractivity contribution in [2.24, 2.45) is 11.8 Å². The molecule has 0 saturated carbocycles. The molecule has 4 nitrogen and oxygen atoms in total. The SMILES string of the molecule is CC(C)C1CCN(C(=O)c2ccncc2C#CCO)CC1. The number of likely N-dealkylation sites (tertiary alicyclic amines) is 1. The third kappa shape index (κ3) is 3.83. The van der Waals surface area contributed by atoms with E-state index in [-0.39, 0.29) is 12.5 Å². The molecule has 1 fully saturated rings. The number of nitrogens with zero attached hydrogens (tertiary/aromatic N) is 2. The number of amides is 1. The predicted molar refractivity (Wildman–Crippen MR) is 81.7 cm³/mol. The van der Waals surface area contributed by atoms with E-state index in [9.17, 15) is 4.79 Å². The first-order valence-corrected chi connectivity index (χ1v) is 7.46. The van der Waals surface area contributed by atoms with E-state index in [1.165, 1.54) is 0 Å². The van der Waals surface area contributed by atoms with Gasteiger partial charge in [0.1, 0.15) is 6.61 Å². The minimum absolute atomic E-state index is 0.0156. The Balaban J connectivity index is 2.11. The van der Waals surface area contributed by atoms with Crippen LogP contribution >= 0.6 is 0 Å². The lowest BCUT2D eigenvalue weighted by Crippen LogP contribution is -2.39. The van der Waals surface area contributed by atoms with Gasteiger partial charge in [-0.2, -0.15) is 0 Å². The molecule has 2 heterocycles. The molecule has 1 N–H and O–H groups in total. The van der Waals surface area contributed by atoms with Crippen LogP contribution in [-0.4, -0.2) is 40.6 Å². The smallest absolute Gasteiger partial charge is 0.255 e. The fourth-order valence-electron chi connectivity index (χ4n) is 2.75. The maximum atomic E-state index is 12.6. The van der Waals surface area contributed by atoms with Crippen LogP contribution in [0.3, 0.4) is 0 Å². The number of aliphatic hydroxyl groups is 1. The van der Waals surface area contributed by atoms with Crippen molar-refractivity contribution in [3.8, 4) is 11.8 Å². The van der Waals surface area contributed by atoms with E-state index in [1.807, 2.05) is 4.90 Å². The minimum Gasteiger partial charge on any atom is -0.384 e. The second kappa shape index (κ2) is 7.24. The van der Waals surface area contributed by atoms with Gasteiger partial charge in [0.2, 0.25) is 0 Å². The quantitative estimate of drug-likeness (QED) is 0.845. The van der Waals surface area contributed by atoms with Gasteiger partial charge in [-0.05, 0) is 30.7 Å². The van der Waals surface area contributed by atoms with E-state index < -0.39 is 0 Å². The number of piperidine rings is 1. The van der Waals surface area contributed by atoms with Crippen LogP contribution in [0.4, 0.5) is 0 Å². The van der Waals surface area contributed by atoms with E-state index in [0.717, 1.165) is 25.9 Å². The average molecular weight is 286 g/mol. The lowest BCUT2D eigenvalue weighted by atomic mass is 9.86. The molecule has 1 aliphatic rings. The van der Waals surface area contributed by atoms with Crippen LogP contribution in [-0.2, 0) is 0 Å². The molecule has 0 atom stereocenters. The minimum atomic E-state index is -0.220. The van der Waals surface area contributed by atoms with Gasteiger partial charge in [0.05, 0.1) is 11.1 Å². The molecule has 0 aromatic carbocycles. The molecule has 0 bridgehead atoms. The van der Waals surface area contributed by atoms with Gasteiger partial charge in [-0.15, -0.1) is 0 Å². The Kier molecular flexibility index (Phi) is 5.35. The van der Waals surface area contributed by atoms with Crippen LogP contribution in [0.1, 0.15) is 42.6 Å². The molecule has 2 rings (SSSR count). The van der Waals surface area contributed by atoms with Crippen LogP contribution in [0.25, 0.3) is 0 Å². The molecule has 0 radical (unpaired) electrons. The third-order valence-electron chi connectivity index (χ3n) is 4.12. The molecule has 4 heteroatoms. The number of rotatable bonds is 2. The molecular formula is C17H22N2O2. The van der Waals surface area contributed by atoms with Gasteiger partial charge in [-0.3, -0.25) is 9.78 Å². The summed E-state index contributed by atoms with van der Waals surface area (Å²) in [7, 11) is 0. The lowest BCUT2D eigenvalue weighted by Gasteiger charge is -2.34. The molecule has 0 spiro atoms. The molecular weight excluding hydrogens is 264 g/mol. The zero-order valence-electron chi connectivity index (χ0n) is 12.7. The number of pyridine rings is 1. The summed E-state index contributed by atoms with van der Waals surface area (Å²) >= 11 is 0. The molecule has 0 unspecified atom stereocenters. The van der Waals surface area contributed by atoms with Gasteiger partial charge in [0.15, 0.2) is 0 Å². The first kappa shape index (κ1) is 15.5. The van der Waals surface area contributed by atoms with E-state index in [1.54, 1.807) is 18.5 Å². The van der Waals surface area contributed by atoms with Crippen LogP contribution in [0.5, 0.6) is 0 Å². The highest BCUT2D eigenvalue weighted by Crippen LogP contribution is 2.25. The Morgan fingerprint density at radius 3 is 2.81 bits per heavy atom. The highest BCUT2D eigenvalue weighted by Gasteiger charge is 2.26. The topological polar surface area (TPSA) is 53.4 Å². The summed E-state index contributed by atoms with van der Waals surface area (Å²) in [5, 5.41) is 8.80. The standard InChI is InChI=1S/C17H22N2O2/c1-13(2)14-6-9-19(10-7-14)17(21)16-5-8-18-12-15(16)4-3-11-20/h5,8,12-14,20H,6-7,9-11H2,1-2H3. The predicted octanol–water partition coefficient (Wildman–Crippen LogP) is 1.93. The van der Waals surface area contributed by atoms with Crippen molar-refractivity contribution in [2.75, 3.05) is 19.7 Å². The molecule has 1 aromatic heterocycles. The second-order valence-electron chi connectivity index (χ2n) is 5.75. The van der Waals surface area contributed by atoms with Crippen molar-refractivity contribution < 1.29 is 9.90 Å². The van der Waals surface area contributed by atoms with Crippen LogP contribution in [0.15, 0.2) is 18.5 Å². The van der Waals surface area contributed by atoms with E-state index in [4.69, 9.17) is 5.11 Å². The fraction of sp³-hybridized carbons (Fsp3) is 0.529. The zero-order valence-corrected chi connectivity index (χ0v) is 12.7. The lowest BCUT2D eigenvalue weighted by molar-refractivity contribution is 0.0667. The Hall–Kier alpha value is -1.86. The van der Waals surface area contributed by atoms with E-state index >= 15 is 0 Å². The maximum absolute atomic E-state index is 12.6. The highest BCUT2D eigenvalue weighted by atomic mass is 16.2. The highest BCUT2D eigenvalue weighted by molar-refractivity contribution is 5.96. The van der Waals surface area contributed by atoms with Gasteiger partial charge in [-0.1, -0.05) is 25.7 Å². The number of carbonyl (C=O) groups excluding carboxylic acids is 1. The zero-order chi connectivity index (χ0) is 15.2. The van der Waals surface area contributed by atoms with E-state index in [0.29, 0.717) is 23.0 Å². The van der Waals surface area contributed by atoms with E-state index in [2.05, 4.69) is 30.7 Å². The Labute approximate surface area is 126 Å². The molecule has 1 saturated heterocycles. The number of aliphatic hydroxyl groups excluding tert-OH is 1. The van der Waals surface area contributed by atoms with Crippen molar-refractivity contribution in [2.45, 2.75) is 26.7 Å². The van der Waals surface area contributed by atoms with Crippen molar-refractivity contribution in [3.63, 3.8) is 0 Å². The summed E-state index contributed by atoms with van der Waals surface area (Å²) < 4.78 is 0. The summed E-state index contributed by atoms with van der Waals surface area (Å²) in [6, 6.07) is 1.71. The first-order valence-electron chi connectivity index (χ1n) is 7.46. The normalized spacial score (nSPS) is 15.7. The van der Waals surface area contributed by atoms with Gasteiger partial charge < -0.3 is 10.0 Å². The summed E-state index contributed by atoms with van der Waals surface area (Å²) in [4.78, 5) is 18.5. The first-order chi connectivity index (χ1) is 10.1. The molecule has 112 valence electrons. The number of carbonyl (C=O) groups is 1. The summed E-state index contributed by atoms with van der Waals surface area (Å²) in [6.07, 6.45) is 5.31. The molecule has 21 heavy (non-hydrogen) atoms. The van der Waals surface area contributed by atoms with Crippen molar-refractivity contribution >= 4 is 5.91 Å². The van der Waals surface area contributed by atoms with Crippen molar-refractivity contribution in [1.29, 1.82) is 0 Å². The van der Waals surface area contributed by atoms with Crippen LogP contribution in [0.2, 0.25) is 0 Å². The van der Waals surface area contributed by atoms with Gasteiger partial charge in [0.25, 0.3) is 5.91 Å². The third-order valence-corrected chi connectivity index (χ3v) is 4.12. The average Bonchev–Trinajstić information content (AvgIpc) is 2.52. The molecule has 1 amide bonds. The summed E-state index contributed by atoms with van der Waals surface area (Å²) in [5.74, 6) is 6.78. The van der Waals surface area contributed by atoms with Gasteiger partial charge in [0, 0.05) is 25.5 Å². The largest absolute Gasteiger partial charge is 0.384 e. The Morgan fingerprint density at radius 2 is 2.19 bits per heavy atom. The monoisotopic (exact) mass is 286 g/mol. The van der Waals surface area contributed by atoms with Gasteiger partial charge >= 0.3 is 0 Å². The number of aromatic nitrogens is 1. The Bertz CT molecular complexity index is 549. The molecule has 0 aliphatic carbocycles. The molecule has 1 aliphatic heterocycles. The van der Waals surface area contributed by atoms with Crippen LogP contribution in [0, 0.1) is 23.7 Å². The van der Waals surface area contributed by atoms with Crippen LogP contribution < -0.4 is 0 Å². The Morgan fingerprint density at radius 1 is 1.48 bits per heavy atom. The maximum Gasteiger partial charge on any atom is 0.255 e. The van der Waals surface area contributed by atoms with Gasteiger partial charge in [-0.25, -0.2) is 0 Å². The fourth-order valence-corrected chi connectivity index (χ4v) is 2.75. The number of hydrogen-bond acceptors (Lipinski definition) is 3. The summed E-state index contributed by atoms with van der Waals surface area (Å²) in [6.45, 7) is 5.87. The molecule has 1 aromatic rings. The summed E-state index contributed by atoms with van der Waals surface area (Å²) in [5.41, 5.74) is 1.16. The van der Waals surface area contributed by atoms with Crippen molar-refractivity contribution in [3.05, 3.63) is 29.6 Å². The number of hydrogen-bond donors (Lipinski definition) is 1.